The molecule has 3 nitrogen and oxygen atoms in total. The molecule has 5 atom stereocenters. The third-order valence-electron chi connectivity index (χ3n) is 10.4. The zero-order chi connectivity index (χ0) is 29.4. The maximum Gasteiger partial charge on any atom is 0.456 e. The SMILES string of the molecule is C[C@]12CC(c3ccc(-c4ccc(C#N)cc4)cc3)C3=C4CCC(=O)C=C4CCC3C1CCC2(O)C(F)(F)C(F)(F)F. The number of alkyl halides is 5. The number of benzene rings is 2. The molecule has 0 bridgehead atoms. The van der Waals surface area contributed by atoms with Crippen molar-refractivity contribution in [1.82, 2.24) is 0 Å². The van der Waals surface area contributed by atoms with Crippen LogP contribution >= 0.6 is 0 Å². The van der Waals surface area contributed by atoms with Crippen LogP contribution in [0, 0.1) is 28.6 Å². The minimum absolute atomic E-state index is 0.0480. The topological polar surface area (TPSA) is 61.1 Å². The zero-order valence-electron chi connectivity index (χ0n) is 22.6. The number of allylic oxidation sites excluding steroid dienone is 4. The fourth-order valence-corrected chi connectivity index (χ4v) is 8.36. The van der Waals surface area contributed by atoms with Crippen LogP contribution in [0.25, 0.3) is 11.1 Å². The summed E-state index contributed by atoms with van der Waals surface area (Å²) in [5.74, 6) is -6.47. The largest absolute Gasteiger partial charge is 0.456 e. The number of ketones is 1. The first-order valence-corrected chi connectivity index (χ1v) is 14.0. The molecule has 0 heterocycles. The monoisotopic (exact) mass is 567 g/mol. The summed E-state index contributed by atoms with van der Waals surface area (Å²) in [6.45, 7) is 1.43. The van der Waals surface area contributed by atoms with Crippen molar-refractivity contribution in [2.75, 3.05) is 0 Å². The van der Waals surface area contributed by atoms with E-state index >= 15 is 8.78 Å². The Kier molecular flexibility index (Phi) is 6.35. The number of carbonyl (C=O) groups is 1. The van der Waals surface area contributed by atoms with E-state index in [1.54, 1.807) is 18.2 Å². The Labute approximate surface area is 235 Å². The zero-order valence-corrected chi connectivity index (χ0v) is 22.6. The Balaban J connectivity index is 1.47. The molecule has 6 rings (SSSR count). The van der Waals surface area contributed by atoms with Gasteiger partial charge in [-0.2, -0.15) is 27.2 Å². The van der Waals surface area contributed by atoms with Crippen LogP contribution in [0.5, 0.6) is 0 Å². The smallest absolute Gasteiger partial charge is 0.383 e. The normalized spacial score (nSPS) is 31.6. The molecule has 8 heteroatoms. The summed E-state index contributed by atoms with van der Waals surface area (Å²) < 4.78 is 71.5. The number of aliphatic hydroxyl groups is 1. The van der Waals surface area contributed by atoms with Crippen molar-refractivity contribution in [1.29, 1.82) is 5.26 Å². The van der Waals surface area contributed by atoms with Crippen molar-refractivity contribution in [2.24, 2.45) is 17.3 Å². The van der Waals surface area contributed by atoms with Gasteiger partial charge >= 0.3 is 12.1 Å². The van der Waals surface area contributed by atoms with Crippen molar-refractivity contribution < 1.29 is 31.9 Å². The average molecular weight is 568 g/mol. The molecule has 0 radical (unpaired) electrons. The molecular weight excluding hydrogens is 537 g/mol. The standard InChI is InChI=1S/C33H30F5NO2/c1-30-17-27(22-8-6-21(7-9-22)20-4-2-19(18-39)3-5-20)29-25-13-11-24(40)16-23(25)10-12-26(29)28(30)14-15-31(30,41)32(34,35)33(36,37)38/h2-9,16,26-28,41H,10-15,17H2,1H3/t26?,27?,28?,30-,31?/m0/s1. The first-order valence-electron chi connectivity index (χ1n) is 14.0. The molecule has 0 aliphatic heterocycles. The molecular formula is C33H30F5NO2. The van der Waals surface area contributed by atoms with E-state index in [9.17, 15) is 23.1 Å². The highest BCUT2D eigenvalue weighted by Crippen LogP contribution is 2.70. The molecule has 0 amide bonds. The Morgan fingerprint density at radius 1 is 0.927 bits per heavy atom. The summed E-state index contributed by atoms with van der Waals surface area (Å²) >= 11 is 0. The van der Waals surface area contributed by atoms with Crippen LogP contribution in [0.4, 0.5) is 22.0 Å². The van der Waals surface area contributed by atoms with Crippen LogP contribution in [0.15, 0.2) is 71.3 Å². The summed E-state index contributed by atoms with van der Waals surface area (Å²) in [6.07, 6.45) is -2.79. The molecule has 4 aliphatic carbocycles. The van der Waals surface area contributed by atoms with E-state index in [1.165, 1.54) is 6.92 Å². The van der Waals surface area contributed by atoms with Gasteiger partial charge in [-0.15, -0.1) is 0 Å². The Hall–Kier alpha value is -3.31. The van der Waals surface area contributed by atoms with Gasteiger partial charge in [0.25, 0.3) is 0 Å². The van der Waals surface area contributed by atoms with E-state index in [4.69, 9.17) is 5.26 Å². The highest BCUT2D eigenvalue weighted by Gasteiger charge is 2.79. The number of nitrogens with zero attached hydrogens (tertiary/aromatic N) is 1. The van der Waals surface area contributed by atoms with Crippen molar-refractivity contribution in [3.8, 4) is 17.2 Å². The Morgan fingerprint density at radius 3 is 2.17 bits per heavy atom. The number of halogens is 5. The fourth-order valence-electron chi connectivity index (χ4n) is 8.36. The second-order valence-corrected chi connectivity index (χ2v) is 12.3. The van der Waals surface area contributed by atoms with Gasteiger partial charge in [0.05, 0.1) is 11.6 Å². The second-order valence-electron chi connectivity index (χ2n) is 12.3. The lowest BCUT2D eigenvalue weighted by molar-refractivity contribution is -0.362. The van der Waals surface area contributed by atoms with Crippen LogP contribution in [0.2, 0.25) is 0 Å². The molecule has 4 aliphatic rings. The van der Waals surface area contributed by atoms with E-state index in [2.05, 4.69) is 6.07 Å². The lowest BCUT2D eigenvalue weighted by Crippen LogP contribution is -2.65. The van der Waals surface area contributed by atoms with Gasteiger partial charge in [-0.1, -0.05) is 48.9 Å². The number of hydrogen-bond donors (Lipinski definition) is 1. The van der Waals surface area contributed by atoms with Gasteiger partial charge in [-0.3, -0.25) is 4.79 Å². The number of hydrogen-bond acceptors (Lipinski definition) is 3. The van der Waals surface area contributed by atoms with Crippen molar-refractivity contribution in [3.63, 3.8) is 0 Å². The van der Waals surface area contributed by atoms with Gasteiger partial charge in [-0.25, -0.2) is 0 Å². The van der Waals surface area contributed by atoms with Crippen LogP contribution in [0.3, 0.4) is 0 Å². The van der Waals surface area contributed by atoms with Crippen molar-refractivity contribution in [3.05, 3.63) is 82.5 Å². The van der Waals surface area contributed by atoms with Crippen LogP contribution < -0.4 is 0 Å². The molecule has 41 heavy (non-hydrogen) atoms. The average Bonchev–Trinajstić information content (AvgIpc) is 3.23. The first-order chi connectivity index (χ1) is 19.3. The Bertz CT molecular complexity index is 1500. The van der Waals surface area contributed by atoms with Gasteiger partial charge in [0.2, 0.25) is 0 Å². The molecule has 0 aromatic heterocycles. The maximum atomic E-state index is 15.1. The third-order valence-corrected chi connectivity index (χ3v) is 10.4. The lowest BCUT2D eigenvalue weighted by atomic mass is 9.50. The van der Waals surface area contributed by atoms with Crippen LogP contribution in [0.1, 0.15) is 68.9 Å². The molecule has 1 N–H and O–H groups in total. The molecule has 4 unspecified atom stereocenters. The molecule has 2 fully saturated rings. The van der Waals surface area contributed by atoms with E-state index < -0.39 is 41.4 Å². The maximum absolute atomic E-state index is 15.1. The van der Waals surface area contributed by atoms with Gasteiger partial charge in [0.15, 0.2) is 5.78 Å². The number of fused-ring (bicyclic) bond motifs is 4. The summed E-state index contributed by atoms with van der Waals surface area (Å²) in [7, 11) is 0. The van der Waals surface area contributed by atoms with E-state index in [1.807, 2.05) is 36.4 Å². The number of nitriles is 1. The molecule has 2 aromatic rings. The fraction of sp³-hybridized carbons (Fsp3) is 0.455. The quantitative estimate of drug-likeness (QED) is 0.382. The highest BCUT2D eigenvalue weighted by atomic mass is 19.4. The summed E-state index contributed by atoms with van der Waals surface area (Å²) in [5, 5.41) is 20.5. The van der Waals surface area contributed by atoms with Gasteiger partial charge in [-0.05, 0) is 96.4 Å². The van der Waals surface area contributed by atoms with E-state index in [0.29, 0.717) is 31.2 Å². The first kappa shape index (κ1) is 27.8. The molecule has 214 valence electrons. The Morgan fingerprint density at radius 2 is 1.56 bits per heavy atom. The van der Waals surface area contributed by atoms with Gasteiger partial charge in [0.1, 0.15) is 5.60 Å². The number of rotatable bonds is 3. The van der Waals surface area contributed by atoms with Crippen molar-refractivity contribution in [2.45, 2.75) is 75.5 Å². The summed E-state index contributed by atoms with van der Waals surface area (Å²) in [5.41, 5.74) is 1.21. The van der Waals surface area contributed by atoms with Crippen LogP contribution in [-0.4, -0.2) is 28.6 Å². The molecule has 0 saturated heterocycles. The van der Waals surface area contributed by atoms with Crippen molar-refractivity contribution >= 4 is 5.78 Å². The molecule has 2 aromatic carbocycles. The molecule has 0 spiro atoms. The van der Waals surface area contributed by atoms with Gasteiger partial charge in [0, 0.05) is 17.8 Å². The lowest BCUT2D eigenvalue weighted by Gasteiger charge is -2.56. The third kappa shape index (κ3) is 4.03. The predicted molar refractivity (Wildman–Crippen MR) is 143 cm³/mol. The van der Waals surface area contributed by atoms with E-state index in [0.717, 1.165) is 33.4 Å². The predicted octanol–water partition coefficient (Wildman–Crippen LogP) is 8.05. The second kappa shape index (κ2) is 9.35. The summed E-state index contributed by atoms with van der Waals surface area (Å²) in [6, 6.07) is 16.7. The minimum Gasteiger partial charge on any atom is -0.383 e. The number of carbonyl (C=O) groups excluding carboxylic acids is 1. The van der Waals surface area contributed by atoms with E-state index in [-0.39, 0.29) is 24.5 Å². The highest BCUT2D eigenvalue weighted by molar-refractivity contribution is 5.93. The van der Waals surface area contributed by atoms with Gasteiger partial charge < -0.3 is 5.11 Å². The van der Waals surface area contributed by atoms with Crippen LogP contribution in [-0.2, 0) is 4.79 Å². The summed E-state index contributed by atoms with van der Waals surface area (Å²) in [4.78, 5) is 12.2. The minimum atomic E-state index is -5.87. The molecule has 2 saturated carbocycles.